The van der Waals surface area contributed by atoms with Gasteiger partial charge >= 0.3 is 0 Å². The van der Waals surface area contributed by atoms with Crippen molar-refractivity contribution >= 4 is 44.2 Å². The van der Waals surface area contributed by atoms with Gasteiger partial charge in [0, 0.05) is 24.7 Å². The summed E-state index contributed by atoms with van der Waals surface area (Å²) in [5.41, 5.74) is 3.19. The number of para-hydroxylation sites is 1. The third-order valence-electron chi connectivity index (χ3n) is 4.44. The summed E-state index contributed by atoms with van der Waals surface area (Å²) in [5.74, 6) is 0.484. The molecule has 1 aliphatic heterocycles. The number of aromatic nitrogens is 1. The van der Waals surface area contributed by atoms with Crippen LogP contribution in [0.25, 0.3) is 10.2 Å². The fraction of sp³-hybridized carbons (Fsp3) is 0.211. The number of thiazole rings is 1. The van der Waals surface area contributed by atoms with E-state index in [0.717, 1.165) is 27.9 Å². The molecule has 2 aromatic carbocycles. The maximum Gasteiger partial charge on any atom is 0.257 e. The molecule has 1 aromatic heterocycles. The van der Waals surface area contributed by atoms with Crippen LogP contribution < -0.4 is 15.0 Å². The van der Waals surface area contributed by atoms with E-state index in [9.17, 15) is 9.59 Å². The van der Waals surface area contributed by atoms with Crippen LogP contribution in [0.1, 0.15) is 22.8 Å². The zero-order valence-electron chi connectivity index (χ0n) is 14.4. The van der Waals surface area contributed by atoms with Crippen LogP contribution in [0.5, 0.6) is 5.75 Å². The van der Waals surface area contributed by atoms with Crippen molar-refractivity contribution in [1.82, 2.24) is 4.98 Å². The number of fused-ring (bicyclic) bond motifs is 2. The number of carbonyl (C=O) groups excluding carboxylic acids is 2. The van der Waals surface area contributed by atoms with Crippen molar-refractivity contribution in [2.45, 2.75) is 13.3 Å². The van der Waals surface area contributed by atoms with E-state index in [4.69, 9.17) is 4.74 Å². The first-order chi connectivity index (χ1) is 12.6. The highest BCUT2D eigenvalue weighted by atomic mass is 32.1. The molecule has 0 radical (unpaired) electrons. The third-order valence-corrected chi connectivity index (χ3v) is 5.38. The smallest absolute Gasteiger partial charge is 0.257 e. The summed E-state index contributed by atoms with van der Waals surface area (Å²) in [6.07, 6.45) is 0.758. The van der Waals surface area contributed by atoms with Gasteiger partial charge in [-0.1, -0.05) is 17.4 Å². The van der Waals surface area contributed by atoms with Gasteiger partial charge in [0.1, 0.15) is 11.3 Å². The fourth-order valence-electron chi connectivity index (χ4n) is 3.18. The van der Waals surface area contributed by atoms with Crippen molar-refractivity contribution in [1.29, 1.82) is 0 Å². The van der Waals surface area contributed by atoms with Crippen LogP contribution in [-0.2, 0) is 11.2 Å². The van der Waals surface area contributed by atoms with Gasteiger partial charge in [0.15, 0.2) is 5.13 Å². The number of ether oxygens (including phenoxy) is 1. The molecule has 3 aromatic rings. The van der Waals surface area contributed by atoms with E-state index >= 15 is 0 Å². The standard InChI is InChI=1S/C19H17N3O3S/c1-11(23)22-9-8-12-10-13(6-7-14(12)22)18(24)21-19-20-17-15(25-2)4-3-5-16(17)26-19/h3-7,10H,8-9H2,1-2H3,(H,20,21,24). The number of carbonyl (C=O) groups is 2. The molecule has 7 heteroatoms. The molecule has 2 amide bonds. The molecule has 1 aliphatic rings. The maximum atomic E-state index is 12.6. The van der Waals surface area contributed by atoms with E-state index < -0.39 is 0 Å². The van der Waals surface area contributed by atoms with Crippen molar-refractivity contribution in [3.63, 3.8) is 0 Å². The monoisotopic (exact) mass is 367 g/mol. The van der Waals surface area contributed by atoms with E-state index in [1.54, 1.807) is 25.0 Å². The highest BCUT2D eigenvalue weighted by Gasteiger charge is 2.23. The summed E-state index contributed by atoms with van der Waals surface area (Å²) in [6.45, 7) is 2.21. The first-order valence-electron chi connectivity index (χ1n) is 8.23. The van der Waals surface area contributed by atoms with E-state index in [1.165, 1.54) is 11.3 Å². The molecule has 6 nitrogen and oxygen atoms in total. The molecule has 0 fully saturated rings. The predicted molar refractivity (Wildman–Crippen MR) is 102 cm³/mol. The molecule has 132 valence electrons. The lowest BCUT2D eigenvalue weighted by Gasteiger charge is -2.14. The average molecular weight is 367 g/mol. The molecule has 0 saturated heterocycles. The lowest BCUT2D eigenvalue weighted by atomic mass is 10.1. The van der Waals surface area contributed by atoms with Crippen LogP contribution in [0.4, 0.5) is 10.8 Å². The van der Waals surface area contributed by atoms with Gasteiger partial charge in [0.2, 0.25) is 5.91 Å². The van der Waals surface area contributed by atoms with Crippen molar-refractivity contribution in [2.75, 3.05) is 23.9 Å². The summed E-state index contributed by atoms with van der Waals surface area (Å²) < 4.78 is 6.26. The van der Waals surface area contributed by atoms with Gasteiger partial charge in [-0.2, -0.15) is 0 Å². The number of hydrogen-bond donors (Lipinski definition) is 1. The summed E-state index contributed by atoms with van der Waals surface area (Å²) in [7, 11) is 1.60. The Morgan fingerprint density at radius 2 is 2.12 bits per heavy atom. The summed E-state index contributed by atoms with van der Waals surface area (Å²) in [5, 5.41) is 3.38. The topological polar surface area (TPSA) is 71.5 Å². The number of nitrogens with one attached hydrogen (secondary N) is 1. The molecule has 0 bridgehead atoms. The van der Waals surface area contributed by atoms with Crippen LogP contribution in [0, 0.1) is 0 Å². The second-order valence-electron chi connectivity index (χ2n) is 6.04. The molecule has 26 heavy (non-hydrogen) atoms. The minimum absolute atomic E-state index is 0.0179. The van der Waals surface area contributed by atoms with Crippen molar-refractivity contribution in [3.8, 4) is 5.75 Å². The van der Waals surface area contributed by atoms with Crippen molar-refractivity contribution in [2.24, 2.45) is 0 Å². The van der Waals surface area contributed by atoms with Gasteiger partial charge < -0.3 is 9.64 Å². The molecule has 0 unspecified atom stereocenters. The third kappa shape index (κ3) is 2.80. The number of rotatable bonds is 3. The summed E-state index contributed by atoms with van der Waals surface area (Å²) in [4.78, 5) is 30.4. The van der Waals surface area contributed by atoms with E-state index in [1.807, 2.05) is 30.3 Å². The normalized spacial score (nSPS) is 12.9. The second kappa shape index (κ2) is 6.42. The Balaban J connectivity index is 1.58. The van der Waals surface area contributed by atoms with Crippen LogP contribution in [0.3, 0.4) is 0 Å². The van der Waals surface area contributed by atoms with Gasteiger partial charge in [-0.25, -0.2) is 4.98 Å². The minimum atomic E-state index is -0.216. The fourth-order valence-corrected chi connectivity index (χ4v) is 4.06. The van der Waals surface area contributed by atoms with Crippen LogP contribution in [0.15, 0.2) is 36.4 Å². The quantitative estimate of drug-likeness (QED) is 0.769. The number of hydrogen-bond acceptors (Lipinski definition) is 5. The Hall–Kier alpha value is -2.93. The molecule has 2 heterocycles. The van der Waals surface area contributed by atoms with Gasteiger partial charge in [-0.15, -0.1) is 0 Å². The average Bonchev–Trinajstić information content (AvgIpc) is 3.23. The van der Waals surface area contributed by atoms with Crippen molar-refractivity contribution < 1.29 is 14.3 Å². The number of nitrogens with zero attached hydrogens (tertiary/aromatic N) is 2. The second-order valence-corrected chi connectivity index (χ2v) is 7.07. The molecule has 1 N–H and O–H groups in total. The zero-order chi connectivity index (χ0) is 18.3. The van der Waals surface area contributed by atoms with Crippen molar-refractivity contribution in [3.05, 3.63) is 47.5 Å². The molecule has 4 rings (SSSR count). The molecule has 0 atom stereocenters. The minimum Gasteiger partial charge on any atom is -0.494 e. The summed E-state index contributed by atoms with van der Waals surface area (Å²) >= 11 is 1.40. The first-order valence-corrected chi connectivity index (χ1v) is 9.04. The number of anilines is 2. The molecule has 0 spiro atoms. The number of amides is 2. The molecule has 0 saturated carbocycles. The lowest BCUT2D eigenvalue weighted by molar-refractivity contribution is -0.116. The van der Waals surface area contributed by atoms with Crippen LogP contribution >= 0.6 is 11.3 Å². The van der Waals surface area contributed by atoms with Gasteiger partial charge in [0.05, 0.1) is 11.8 Å². The predicted octanol–water partition coefficient (Wildman–Crippen LogP) is 3.47. The Morgan fingerprint density at radius 1 is 1.27 bits per heavy atom. The molecular weight excluding hydrogens is 350 g/mol. The Bertz CT molecular complexity index is 1030. The lowest BCUT2D eigenvalue weighted by Crippen LogP contribution is -2.25. The van der Waals surface area contributed by atoms with E-state index in [2.05, 4.69) is 10.3 Å². The van der Waals surface area contributed by atoms with Gasteiger partial charge in [0.25, 0.3) is 5.91 Å². The van der Waals surface area contributed by atoms with Crippen LogP contribution in [0.2, 0.25) is 0 Å². The first kappa shape index (κ1) is 16.5. The number of benzene rings is 2. The largest absolute Gasteiger partial charge is 0.494 e. The zero-order valence-corrected chi connectivity index (χ0v) is 15.2. The summed E-state index contributed by atoms with van der Waals surface area (Å²) in [6, 6.07) is 11.1. The van der Waals surface area contributed by atoms with Crippen LogP contribution in [-0.4, -0.2) is 30.5 Å². The Kier molecular flexibility index (Phi) is 4.08. The number of methoxy groups -OCH3 is 1. The molecular formula is C19H17N3O3S. The molecule has 0 aliphatic carbocycles. The SMILES string of the molecule is COc1cccc2sc(NC(=O)c3ccc4c(c3)CCN4C(C)=O)nc12. The maximum absolute atomic E-state index is 12.6. The Morgan fingerprint density at radius 3 is 2.88 bits per heavy atom. The van der Waals surface area contributed by atoms with Gasteiger partial charge in [-0.05, 0) is 42.3 Å². The van der Waals surface area contributed by atoms with Gasteiger partial charge in [-0.3, -0.25) is 14.9 Å². The Labute approximate surface area is 154 Å². The highest BCUT2D eigenvalue weighted by Crippen LogP contribution is 2.33. The van der Waals surface area contributed by atoms with E-state index in [-0.39, 0.29) is 11.8 Å². The highest BCUT2D eigenvalue weighted by molar-refractivity contribution is 7.22. The van der Waals surface area contributed by atoms with E-state index in [0.29, 0.717) is 23.0 Å².